The summed E-state index contributed by atoms with van der Waals surface area (Å²) in [6, 6.07) is 0. The van der Waals surface area contributed by atoms with E-state index in [1.165, 1.54) is 0 Å². The Morgan fingerprint density at radius 2 is 1.93 bits per heavy atom. The van der Waals surface area contributed by atoms with Crippen LogP contribution in [0.4, 0.5) is 0 Å². The van der Waals surface area contributed by atoms with E-state index in [0.29, 0.717) is 19.3 Å². The molecule has 0 aromatic carbocycles. The average Bonchev–Trinajstić information content (AvgIpc) is 2.75. The largest absolute Gasteiger partial charge is 0.348 e. The summed E-state index contributed by atoms with van der Waals surface area (Å²) in [6.07, 6.45) is 1.88. The predicted molar refractivity (Wildman–Crippen MR) is 56.0 cm³/mol. The Balaban J connectivity index is 2.03. The third-order valence-electron chi connectivity index (χ3n) is 3.16. The summed E-state index contributed by atoms with van der Waals surface area (Å²) in [7, 11) is -2.98. The highest BCUT2D eigenvalue weighted by atomic mass is 32.2. The van der Waals surface area contributed by atoms with Gasteiger partial charge in [-0.15, -0.1) is 0 Å². The van der Waals surface area contributed by atoms with E-state index in [2.05, 4.69) is 5.32 Å². The second-order valence-corrected chi connectivity index (χ2v) is 7.20. The molecule has 1 amide bonds. The second-order valence-electron chi connectivity index (χ2n) is 5.01. The minimum absolute atomic E-state index is 0.0296. The van der Waals surface area contributed by atoms with Crippen LogP contribution in [0.2, 0.25) is 0 Å². The molecule has 0 radical (unpaired) electrons. The van der Waals surface area contributed by atoms with Crippen LogP contribution < -0.4 is 11.1 Å². The Morgan fingerprint density at radius 1 is 1.33 bits per heavy atom. The van der Waals surface area contributed by atoms with E-state index in [9.17, 15) is 13.2 Å². The van der Waals surface area contributed by atoms with Crippen molar-refractivity contribution < 1.29 is 13.2 Å². The van der Waals surface area contributed by atoms with Crippen LogP contribution in [-0.2, 0) is 14.6 Å². The van der Waals surface area contributed by atoms with Gasteiger partial charge in [-0.2, -0.15) is 0 Å². The number of hydrogen-bond acceptors (Lipinski definition) is 4. The van der Waals surface area contributed by atoms with E-state index in [0.717, 1.165) is 0 Å². The summed E-state index contributed by atoms with van der Waals surface area (Å²) in [5.41, 5.74) is 4.39. The third-order valence-corrected chi connectivity index (χ3v) is 5.06. The van der Waals surface area contributed by atoms with Crippen LogP contribution in [0.25, 0.3) is 0 Å². The van der Waals surface area contributed by atoms with Gasteiger partial charge < -0.3 is 11.1 Å². The smallest absolute Gasteiger partial charge is 0.240 e. The van der Waals surface area contributed by atoms with Crippen LogP contribution >= 0.6 is 0 Å². The maximum Gasteiger partial charge on any atom is 0.240 e. The number of nitrogens with one attached hydrogen (secondary N) is 1. The SMILES string of the molecule is CC1(NC(=O)C2(N)CC2)CCS(=O)(=O)C1. The fourth-order valence-corrected chi connectivity index (χ4v) is 3.96. The maximum absolute atomic E-state index is 11.7. The van der Waals surface area contributed by atoms with Crippen LogP contribution in [0.1, 0.15) is 26.2 Å². The van der Waals surface area contributed by atoms with Crippen molar-refractivity contribution in [1.29, 1.82) is 0 Å². The normalized spacial score (nSPS) is 36.1. The van der Waals surface area contributed by atoms with Gasteiger partial charge in [0.2, 0.25) is 5.91 Å². The van der Waals surface area contributed by atoms with Crippen molar-refractivity contribution in [1.82, 2.24) is 5.32 Å². The molecule has 5 nitrogen and oxygen atoms in total. The number of carbonyl (C=O) groups excluding carboxylic acids is 1. The van der Waals surface area contributed by atoms with Gasteiger partial charge in [-0.25, -0.2) is 8.42 Å². The molecule has 15 heavy (non-hydrogen) atoms. The molecule has 1 unspecified atom stereocenters. The van der Waals surface area contributed by atoms with E-state index in [1.807, 2.05) is 0 Å². The minimum Gasteiger partial charge on any atom is -0.348 e. The van der Waals surface area contributed by atoms with E-state index >= 15 is 0 Å². The number of hydrogen-bond donors (Lipinski definition) is 2. The first-order chi connectivity index (χ1) is 6.75. The van der Waals surface area contributed by atoms with Crippen molar-refractivity contribution in [3.63, 3.8) is 0 Å². The summed E-state index contributed by atoms with van der Waals surface area (Å²) in [5, 5.41) is 2.77. The molecular formula is C9H16N2O3S. The summed E-state index contributed by atoms with van der Waals surface area (Å²) >= 11 is 0. The summed E-state index contributed by atoms with van der Waals surface area (Å²) in [5.74, 6) is -0.0227. The molecule has 0 bridgehead atoms. The predicted octanol–water partition coefficient (Wildman–Crippen LogP) is -0.829. The van der Waals surface area contributed by atoms with Gasteiger partial charge in [-0.05, 0) is 26.2 Å². The van der Waals surface area contributed by atoms with Crippen LogP contribution in [-0.4, -0.2) is 36.9 Å². The molecule has 0 spiro atoms. The quantitative estimate of drug-likeness (QED) is 0.650. The second kappa shape index (κ2) is 2.95. The average molecular weight is 232 g/mol. The molecule has 0 aromatic heterocycles. The highest BCUT2D eigenvalue weighted by Gasteiger charge is 2.49. The maximum atomic E-state index is 11.7. The van der Waals surface area contributed by atoms with E-state index in [4.69, 9.17) is 5.73 Å². The van der Waals surface area contributed by atoms with Crippen molar-refractivity contribution in [2.45, 2.75) is 37.3 Å². The highest BCUT2D eigenvalue weighted by molar-refractivity contribution is 7.91. The number of sulfone groups is 1. The Hall–Kier alpha value is -0.620. The first kappa shape index (κ1) is 10.9. The molecular weight excluding hydrogens is 216 g/mol. The standard InChI is InChI=1S/C9H16N2O3S/c1-8(4-5-15(13,14)6-8)11-7(12)9(10)2-3-9/h2-6,10H2,1H3,(H,11,12). The van der Waals surface area contributed by atoms with Crippen molar-refractivity contribution in [3.8, 4) is 0 Å². The first-order valence-corrected chi connectivity index (χ1v) is 6.89. The lowest BCUT2D eigenvalue weighted by Gasteiger charge is -2.25. The number of carbonyl (C=O) groups is 1. The molecule has 3 N–H and O–H groups in total. The molecule has 2 rings (SSSR count). The molecule has 2 fully saturated rings. The van der Waals surface area contributed by atoms with Gasteiger partial charge in [-0.1, -0.05) is 0 Å². The van der Waals surface area contributed by atoms with Gasteiger partial charge in [0.1, 0.15) is 0 Å². The molecule has 1 aliphatic heterocycles. The highest BCUT2D eigenvalue weighted by Crippen LogP contribution is 2.33. The van der Waals surface area contributed by atoms with Crippen molar-refractivity contribution in [2.24, 2.45) is 5.73 Å². The Bertz CT molecular complexity index is 400. The lowest BCUT2D eigenvalue weighted by molar-refractivity contribution is -0.124. The van der Waals surface area contributed by atoms with Crippen molar-refractivity contribution in [2.75, 3.05) is 11.5 Å². The van der Waals surface area contributed by atoms with Crippen LogP contribution in [0.15, 0.2) is 0 Å². The molecule has 1 saturated heterocycles. The van der Waals surface area contributed by atoms with Crippen LogP contribution in [0, 0.1) is 0 Å². The molecule has 1 aliphatic carbocycles. The van der Waals surface area contributed by atoms with Gasteiger partial charge in [0.25, 0.3) is 0 Å². The first-order valence-electron chi connectivity index (χ1n) is 5.07. The summed E-state index contributed by atoms with van der Waals surface area (Å²) < 4.78 is 22.6. The molecule has 6 heteroatoms. The van der Waals surface area contributed by atoms with E-state index in [-0.39, 0.29) is 17.4 Å². The van der Waals surface area contributed by atoms with E-state index in [1.54, 1.807) is 6.92 Å². The topological polar surface area (TPSA) is 89.3 Å². The van der Waals surface area contributed by atoms with Gasteiger partial charge in [0.15, 0.2) is 9.84 Å². The molecule has 86 valence electrons. The fourth-order valence-electron chi connectivity index (χ4n) is 1.87. The Morgan fingerprint density at radius 3 is 2.33 bits per heavy atom. The molecule has 2 aliphatic rings. The Labute approximate surface area is 89.3 Å². The van der Waals surface area contributed by atoms with Gasteiger partial charge >= 0.3 is 0 Å². The van der Waals surface area contributed by atoms with Crippen molar-refractivity contribution in [3.05, 3.63) is 0 Å². The van der Waals surface area contributed by atoms with E-state index < -0.39 is 20.9 Å². The fraction of sp³-hybridized carbons (Fsp3) is 0.889. The lowest BCUT2D eigenvalue weighted by Crippen LogP contribution is -2.53. The van der Waals surface area contributed by atoms with Gasteiger partial charge in [0, 0.05) is 0 Å². The summed E-state index contributed by atoms with van der Waals surface area (Å²) in [4.78, 5) is 11.7. The molecule has 1 atom stereocenters. The number of nitrogens with two attached hydrogens (primary N) is 1. The van der Waals surface area contributed by atoms with Crippen molar-refractivity contribution >= 4 is 15.7 Å². The summed E-state index contributed by atoms with van der Waals surface area (Å²) in [6.45, 7) is 1.77. The van der Waals surface area contributed by atoms with Gasteiger partial charge in [0.05, 0.1) is 22.6 Å². The molecule has 1 heterocycles. The van der Waals surface area contributed by atoms with Crippen LogP contribution in [0.5, 0.6) is 0 Å². The monoisotopic (exact) mass is 232 g/mol. The zero-order valence-corrected chi connectivity index (χ0v) is 9.56. The number of amides is 1. The zero-order chi connectivity index (χ0) is 11.3. The third kappa shape index (κ3) is 2.15. The minimum atomic E-state index is -2.98. The number of rotatable bonds is 2. The van der Waals surface area contributed by atoms with Gasteiger partial charge in [-0.3, -0.25) is 4.79 Å². The lowest BCUT2D eigenvalue weighted by atomic mass is 10.0. The molecule has 0 aromatic rings. The molecule has 1 saturated carbocycles. The Kier molecular flexibility index (Phi) is 2.14. The zero-order valence-electron chi connectivity index (χ0n) is 8.75. The van der Waals surface area contributed by atoms with Crippen LogP contribution in [0.3, 0.4) is 0 Å².